The molecule has 0 amide bonds. The molecule has 0 unspecified atom stereocenters. The number of hydrogen-bond acceptors (Lipinski definition) is 4. The maximum absolute atomic E-state index is 14.8. The lowest BCUT2D eigenvalue weighted by atomic mass is 9.94. The Bertz CT molecular complexity index is 1170. The number of hydrogen-bond donors (Lipinski definition) is 2. The Kier molecular flexibility index (Phi) is 9.84. The highest BCUT2D eigenvalue weighted by molar-refractivity contribution is 6.31. The first-order valence-corrected chi connectivity index (χ1v) is 11.4. The van der Waals surface area contributed by atoms with E-state index >= 15 is 0 Å². The maximum atomic E-state index is 14.8. The van der Waals surface area contributed by atoms with Gasteiger partial charge in [0.1, 0.15) is 11.4 Å². The average molecular weight is 527 g/mol. The van der Waals surface area contributed by atoms with E-state index < -0.39 is 35.7 Å². The van der Waals surface area contributed by atoms with Crippen molar-refractivity contribution < 1.29 is 32.2 Å². The number of rotatable bonds is 6. The van der Waals surface area contributed by atoms with E-state index in [1.165, 1.54) is 12.5 Å². The lowest BCUT2D eigenvalue weighted by Crippen LogP contribution is -2.15. The first-order chi connectivity index (χ1) is 16.7. The third-order valence-electron chi connectivity index (χ3n) is 5.06. The molecule has 10 heteroatoms. The monoisotopic (exact) mass is 526 g/mol. The molecule has 3 aromatic rings. The first-order valence-electron chi connectivity index (χ1n) is 11.0. The lowest BCUT2D eigenvalue weighted by molar-refractivity contribution is -0.141. The maximum Gasteiger partial charge on any atom is 0.433 e. The molecule has 3 rings (SSSR count). The Morgan fingerprint density at radius 2 is 1.69 bits per heavy atom. The molecule has 0 aliphatic heterocycles. The van der Waals surface area contributed by atoms with Crippen molar-refractivity contribution in [3.63, 3.8) is 0 Å². The molecule has 1 aromatic heterocycles. The zero-order valence-corrected chi connectivity index (χ0v) is 20.9. The van der Waals surface area contributed by atoms with Crippen LogP contribution in [0.1, 0.15) is 56.5 Å². The Morgan fingerprint density at radius 1 is 1.08 bits per heavy atom. The fraction of sp³-hybridized carbons (Fsp3) is 0.308. The Hall–Kier alpha value is -3.17. The molecule has 0 aliphatic carbocycles. The van der Waals surface area contributed by atoms with Crippen molar-refractivity contribution in [2.45, 2.75) is 51.9 Å². The van der Waals surface area contributed by atoms with E-state index in [0.717, 1.165) is 18.3 Å². The van der Waals surface area contributed by atoms with Crippen LogP contribution in [0, 0.1) is 5.82 Å². The molecule has 0 bridgehead atoms. The Balaban J connectivity index is 0.000000425. The standard InChI is InChI=1S/C18H16ClF4NO3.C8H11N/c1-8(2)27-16-11(9(3)17(25)26)6-12(19)15(20)14(16)10-4-5-13(24-7-10)18(21,22)23;1-7(9)8-5-3-2-4-6-8/h4-9H,1-3H3,(H,25,26);2-7H,9H2,1H3/t9-;7-/m00/s1. The number of nitrogens with two attached hydrogens (primary N) is 1. The third kappa shape index (κ3) is 7.41. The minimum absolute atomic E-state index is 0.0162. The summed E-state index contributed by atoms with van der Waals surface area (Å²) in [6.07, 6.45) is -4.25. The highest BCUT2D eigenvalue weighted by Crippen LogP contribution is 2.43. The van der Waals surface area contributed by atoms with Crippen LogP contribution in [0.4, 0.5) is 17.6 Å². The molecule has 0 radical (unpaired) electrons. The number of alkyl halides is 3. The second kappa shape index (κ2) is 12.2. The van der Waals surface area contributed by atoms with Gasteiger partial charge in [0.05, 0.1) is 22.6 Å². The van der Waals surface area contributed by atoms with Crippen molar-refractivity contribution in [1.82, 2.24) is 4.98 Å². The topological polar surface area (TPSA) is 85.4 Å². The summed E-state index contributed by atoms with van der Waals surface area (Å²) in [5, 5.41) is 8.94. The molecule has 0 aliphatic rings. The number of ether oxygens (including phenoxy) is 1. The van der Waals surface area contributed by atoms with Gasteiger partial charge in [-0.05, 0) is 45.4 Å². The van der Waals surface area contributed by atoms with Gasteiger partial charge < -0.3 is 15.6 Å². The van der Waals surface area contributed by atoms with Gasteiger partial charge in [-0.15, -0.1) is 0 Å². The molecule has 194 valence electrons. The Labute approximate surface area is 211 Å². The number of carboxylic acid groups (broad SMARTS) is 1. The SMILES string of the molecule is CC(C)Oc1c([C@H](C)C(=O)O)cc(Cl)c(F)c1-c1ccc(C(F)(F)F)nc1.C[C@H](N)c1ccccc1. The number of nitrogens with zero attached hydrogens (tertiary/aromatic N) is 1. The fourth-order valence-corrected chi connectivity index (χ4v) is 3.38. The number of aromatic nitrogens is 1. The molecule has 2 atom stereocenters. The van der Waals surface area contributed by atoms with Crippen molar-refractivity contribution in [2.75, 3.05) is 0 Å². The van der Waals surface area contributed by atoms with E-state index in [9.17, 15) is 27.5 Å². The first kappa shape index (κ1) is 29.1. The molecule has 0 saturated heterocycles. The van der Waals surface area contributed by atoms with E-state index in [1.807, 2.05) is 37.3 Å². The lowest BCUT2D eigenvalue weighted by Gasteiger charge is -2.22. The van der Waals surface area contributed by atoms with Gasteiger partial charge in [-0.25, -0.2) is 4.39 Å². The number of carbonyl (C=O) groups is 1. The van der Waals surface area contributed by atoms with Gasteiger partial charge in [0.15, 0.2) is 5.82 Å². The van der Waals surface area contributed by atoms with Gasteiger partial charge in [-0.1, -0.05) is 48.0 Å². The zero-order valence-electron chi connectivity index (χ0n) is 20.1. The number of carboxylic acids is 1. The normalized spacial score (nSPS) is 13.0. The number of aliphatic carboxylic acids is 1. The average Bonchev–Trinajstić information content (AvgIpc) is 2.81. The summed E-state index contributed by atoms with van der Waals surface area (Å²) in [5.41, 5.74) is 5.52. The van der Waals surface area contributed by atoms with Gasteiger partial charge >= 0.3 is 12.1 Å². The van der Waals surface area contributed by atoms with Crippen LogP contribution in [-0.2, 0) is 11.0 Å². The van der Waals surface area contributed by atoms with Crippen LogP contribution < -0.4 is 10.5 Å². The third-order valence-corrected chi connectivity index (χ3v) is 5.33. The molecular weight excluding hydrogens is 500 g/mol. The summed E-state index contributed by atoms with van der Waals surface area (Å²) in [4.78, 5) is 14.7. The van der Waals surface area contributed by atoms with Gasteiger partial charge in [0.25, 0.3) is 0 Å². The minimum atomic E-state index is -4.65. The molecule has 36 heavy (non-hydrogen) atoms. The highest BCUT2D eigenvalue weighted by Gasteiger charge is 2.33. The van der Waals surface area contributed by atoms with Crippen molar-refractivity contribution in [3.05, 3.63) is 82.4 Å². The number of pyridine rings is 1. The largest absolute Gasteiger partial charge is 0.490 e. The highest BCUT2D eigenvalue weighted by atomic mass is 35.5. The molecule has 0 saturated carbocycles. The molecule has 3 N–H and O–H groups in total. The molecule has 5 nitrogen and oxygen atoms in total. The van der Waals surface area contributed by atoms with E-state index in [2.05, 4.69) is 4.98 Å². The van der Waals surface area contributed by atoms with Crippen LogP contribution in [0.5, 0.6) is 5.75 Å². The minimum Gasteiger partial charge on any atom is -0.490 e. The molecular formula is C26H27ClF4N2O3. The van der Waals surface area contributed by atoms with E-state index in [-0.39, 0.29) is 33.5 Å². The van der Waals surface area contributed by atoms with E-state index in [4.69, 9.17) is 22.1 Å². The summed E-state index contributed by atoms with van der Waals surface area (Å²) in [6, 6.07) is 13.1. The smallest absolute Gasteiger partial charge is 0.433 e. The van der Waals surface area contributed by atoms with Crippen LogP contribution in [-0.4, -0.2) is 22.2 Å². The summed E-state index contributed by atoms with van der Waals surface area (Å²) < 4.78 is 58.6. The van der Waals surface area contributed by atoms with Crippen molar-refractivity contribution in [1.29, 1.82) is 0 Å². The predicted octanol–water partition coefficient (Wildman–Crippen LogP) is 7.24. The van der Waals surface area contributed by atoms with Gasteiger partial charge in [-0.3, -0.25) is 9.78 Å². The predicted molar refractivity (Wildman–Crippen MR) is 131 cm³/mol. The van der Waals surface area contributed by atoms with Crippen LogP contribution in [0.15, 0.2) is 54.7 Å². The number of benzene rings is 2. The van der Waals surface area contributed by atoms with E-state index in [0.29, 0.717) is 6.07 Å². The van der Waals surface area contributed by atoms with Crippen molar-refractivity contribution >= 4 is 17.6 Å². The molecule has 2 aromatic carbocycles. The van der Waals surface area contributed by atoms with Crippen LogP contribution in [0.2, 0.25) is 5.02 Å². The summed E-state index contributed by atoms with van der Waals surface area (Å²) in [6.45, 7) is 6.65. The second-order valence-electron chi connectivity index (χ2n) is 8.32. The summed E-state index contributed by atoms with van der Waals surface area (Å²) >= 11 is 5.91. The van der Waals surface area contributed by atoms with Crippen LogP contribution >= 0.6 is 11.6 Å². The zero-order chi connectivity index (χ0) is 27.2. The van der Waals surface area contributed by atoms with Crippen molar-refractivity contribution in [2.24, 2.45) is 5.73 Å². The van der Waals surface area contributed by atoms with E-state index in [1.54, 1.807) is 13.8 Å². The molecule has 0 spiro atoms. The van der Waals surface area contributed by atoms with Crippen LogP contribution in [0.25, 0.3) is 11.1 Å². The molecule has 1 heterocycles. The summed E-state index contributed by atoms with van der Waals surface area (Å²) in [5.74, 6) is -3.31. The van der Waals surface area contributed by atoms with Crippen molar-refractivity contribution in [3.8, 4) is 16.9 Å². The Morgan fingerprint density at radius 3 is 2.11 bits per heavy atom. The van der Waals surface area contributed by atoms with Gasteiger partial charge in [-0.2, -0.15) is 13.2 Å². The second-order valence-corrected chi connectivity index (χ2v) is 8.73. The molecule has 0 fully saturated rings. The van der Waals surface area contributed by atoms with Gasteiger partial charge in [0.2, 0.25) is 0 Å². The number of halogens is 5. The summed E-state index contributed by atoms with van der Waals surface area (Å²) in [7, 11) is 0. The van der Waals surface area contributed by atoms with Crippen LogP contribution in [0.3, 0.4) is 0 Å². The quantitative estimate of drug-likeness (QED) is 0.331. The van der Waals surface area contributed by atoms with Gasteiger partial charge in [0, 0.05) is 23.4 Å². The fourth-order valence-electron chi connectivity index (χ4n) is 3.17.